The fourth-order valence-corrected chi connectivity index (χ4v) is 3.97. The number of nitrogens with zero attached hydrogens (tertiary/aromatic N) is 2. The predicted octanol–water partition coefficient (Wildman–Crippen LogP) is 3.94. The molecule has 0 bridgehead atoms. The number of hydrogen-bond acceptors (Lipinski definition) is 3. The summed E-state index contributed by atoms with van der Waals surface area (Å²) in [4.78, 5) is 18.6. The molecule has 0 amide bonds. The highest BCUT2D eigenvalue weighted by molar-refractivity contribution is 14.0. The van der Waals surface area contributed by atoms with E-state index in [4.69, 9.17) is 4.74 Å². The topological polar surface area (TPSA) is 53.9 Å². The molecule has 1 aliphatic carbocycles. The molecule has 1 aromatic rings. The Hall–Kier alpha value is -1.31. The second-order valence-corrected chi connectivity index (χ2v) is 7.32. The number of likely N-dealkylation sites (tertiary alicyclic amines) is 1. The zero-order valence-electron chi connectivity index (χ0n) is 16.2. The van der Waals surface area contributed by atoms with Gasteiger partial charge >= 0.3 is 5.97 Å². The Labute approximate surface area is 180 Å². The fourth-order valence-electron chi connectivity index (χ4n) is 3.97. The number of halogens is 1. The number of ether oxygens (including phenoxy) is 1. The van der Waals surface area contributed by atoms with E-state index in [-0.39, 0.29) is 36.0 Å². The van der Waals surface area contributed by atoms with Crippen LogP contribution in [0.2, 0.25) is 0 Å². The average Bonchev–Trinajstić information content (AvgIpc) is 3.35. The van der Waals surface area contributed by atoms with Crippen molar-refractivity contribution in [1.82, 2.24) is 10.2 Å². The summed E-state index contributed by atoms with van der Waals surface area (Å²) >= 11 is 0. The number of carbonyl (C=O) groups is 1. The molecule has 0 radical (unpaired) electrons. The summed E-state index contributed by atoms with van der Waals surface area (Å²) in [6.45, 7) is 2.76. The van der Waals surface area contributed by atoms with Crippen LogP contribution < -0.4 is 5.32 Å². The highest BCUT2D eigenvalue weighted by atomic mass is 127. The van der Waals surface area contributed by atoms with Crippen LogP contribution in [-0.2, 0) is 9.53 Å². The first-order valence-electron chi connectivity index (χ1n) is 9.96. The van der Waals surface area contributed by atoms with Gasteiger partial charge in [0, 0.05) is 39.0 Å². The number of nitrogens with one attached hydrogen (secondary N) is 1. The van der Waals surface area contributed by atoms with Crippen LogP contribution in [0.15, 0.2) is 35.3 Å². The van der Waals surface area contributed by atoms with Crippen LogP contribution in [0, 0.1) is 0 Å². The van der Waals surface area contributed by atoms with Crippen molar-refractivity contribution in [3.63, 3.8) is 0 Å². The lowest BCUT2D eigenvalue weighted by molar-refractivity contribution is -0.148. The number of carbonyl (C=O) groups excluding carboxylic acids is 1. The predicted molar refractivity (Wildman–Crippen MR) is 120 cm³/mol. The molecule has 0 aromatic heterocycles. The van der Waals surface area contributed by atoms with Crippen LogP contribution in [0.4, 0.5) is 0 Å². The molecule has 27 heavy (non-hydrogen) atoms. The van der Waals surface area contributed by atoms with Gasteiger partial charge in [-0.1, -0.05) is 30.3 Å². The van der Waals surface area contributed by atoms with E-state index >= 15 is 0 Å². The van der Waals surface area contributed by atoms with Crippen molar-refractivity contribution < 1.29 is 9.53 Å². The highest BCUT2D eigenvalue weighted by Crippen LogP contribution is 2.26. The second-order valence-electron chi connectivity index (χ2n) is 7.32. The molecule has 1 heterocycles. The molecule has 1 aliphatic heterocycles. The maximum Gasteiger partial charge on any atom is 0.306 e. The van der Waals surface area contributed by atoms with Crippen molar-refractivity contribution in [1.29, 1.82) is 0 Å². The maximum atomic E-state index is 11.9. The monoisotopic (exact) mass is 485 g/mol. The van der Waals surface area contributed by atoms with Crippen molar-refractivity contribution in [2.45, 2.75) is 57.0 Å². The Morgan fingerprint density at radius 2 is 1.96 bits per heavy atom. The summed E-state index contributed by atoms with van der Waals surface area (Å²) in [5.74, 6) is 1.45. The summed E-state index contributed by atoms with van der Waals surface area (Å²) in [5, 5.41) is 3.40. The Balaban J connectivity index is 0.00000261. The minimum absolute atomic E-state index is 0. The largest absolute Gasteiger partial charge is 0.462 e. The zero-order valence-corrected chi connectivity index (χ0v) is 18.6. The van der Waals surface area contributed by atoms with E-state index in [2.05, 4.69) is 45.5 Å². The standard InChI is InChI=1S/C21H31N3O2.HI/c1-22-21(23-14-7-12-20(25)26-19-10-5-6-11-19)24-15-13-18(16-24)17-8-3-2-4-9-17;/h2-4,8-9,18-19H,5-7,10-16H2,1H3,(H,22,23);1H. The van der Waals surface area contributed by atoms with Gasteiger partial charge in [-0.3, -0.25) is 9.79 Å². The minimum atomic E-state index is -0.0565. The lowest BCUT2D eigenvalue weighted by Gasteiger charge is -2.22. The van der Waals surface area contributed by atoms with Gasteiger partial charge in [0.15, 0.2) is 5.96 Å². The summed E-state index contributed by atoms with van der Waals surface area (Å²) < 4.78 is 5.50. The molecule has 1 saturated heterocycles. The van der Waals surface area contributed by atoms with E-state index in [1.54, 1.807) is 0 Å². The Kier molecular flexibility index (Phi) is 9.38. The van der Waals surface area contributed by atoms with Gasteiger partial charge in [-0.15, -0.1) is 24.0 Å². The summed E-state index contributed by atoms with van der Waals surface area (Å²) in [6, 6.07) is 10.7. The lowest BCUT2D eigenvalue weighted by Crippen LogP contribution is -2.40. The molecular weight excluding hydrogens is 453 g/mol. The van der Waals surface area contributed by atoms with Gasteiger partial charge in [0.25, 0.3) is 0 Å². The molecule has 1 N–H and O–H groups in total. The van der Waals surface area contributed by atoms with Crippen LogP contribution in [0.3, 0.4) is 0 Å². The van der Waals surface area contributed by atoms with E-state index in [1.807, 2.05) is 7.05 Å². The van der Waals surface area contributed by atoms with Crippen LogP contribution in [0.1, 0.15) is 56.4 Å². The Bertz CT molecular complexity index is 603. The molecule has 150 valence electrons. The molecule has 1 saturated carbocycles. The number of benzene rings is 1. The molecule has 2 aliphatic rings. The van der Waals surface area contributed by atoms with E-state index in [1.165, 1.54) is 18.4 Å². The smallest absolute Gasteiger partial charge is 0.306 e. The molecule has 1 unspecified atom stereocenters. The SMILES string of the molecule is CN=C(NCCCC(=O)OC1CCCC1)N1CCC(c2ccccc2)C1.I. The molecule has 1 atom stereocenters. The molecule has 5 nitrogen and oxygen atoms in total. The third kappa shape index (κ3) is 6.66. The van der Waals surface area contributed by atoms with Crippen molar-refractivity contribution in [2.24, 2.45) is 4.99 Å². The molecule has 0 spiro atoms. The van der Waals surface area contributed by atoms with Gasteiger partial charge in [-0.05, 0) is 44.1 Å². The van der Waals surface area contributed by atoms with Crippen molar-refractivity contribution in [2.75, 3.05) is 26.7 Å². The van der Waals surface area contributed by atoms with Crippen molar-refractivity contribution in [3.8, 4) is 0 Å². The lowest BCUT2D eigenvalue weighted by atomic mass is 9.99. The summed E-state index contributed by atoms with van der Waals surface area (Å²) in [7, 11) is 1.83. The van der Waals surface area contributed by atoms with Crippen LogP contribution in [0.25, 0.3) is 0 Å². The highest BCUT2D eigenvalue weighted by Gasteiger charge is 2.25. The molecule has 3 rings (SSSR count). The van der Waals surface area contributed by atoms with Crippen LogP contribution >= 0.6 is 24.0 Å². The normalized spacial score (nSPS) is 20.4. The molecule has 1 aromatic carbocycles. The first-order valence-corrected chi connectivity index (χ1v) is 9.96. The zero-order chi connectivity index (χ0) is 18.2. The number of aliphatic imine (C=N–C) groups is 1. The first kappa shape index (κ1) is 22.0. The molecular formula is C21H32IN3O2. The quantitative estimate of drug-likeness (QED) is 0.218. The van der Waals surface area contributed by atoms with Gasteiger partial charge in [-0.2, -0.15) is 0 Å². The number of esters is 1. The minimum Gasteiger partial charge on any atom is -0.462 e. The van der Waals surface area contributed by atoms with Gasteiger partial charge in [0.05, 0.1) is 0 Å². The maximum absolute atomic E-state index is 11.9. The van der Waals surface area contributed by atoms with Crippen molar-refractivity contribution in [3.05, 3.63) is 35.9 Å². The number of hydrogen-bond donors (Lipinski definition) is 1. The van der Waals surface area contributed by atoms with Crippen LogP contribution in [0.5, 0.6) is 0 Å². The Morgan fingerprint density at radius 3 is 2.67 bits per heavy atom. The number of guanidine groups is 1. The van der Waals surface area contributed by atoms with Gasteiger partial charge in [-0.25, -0.2) is 0 Å². The third-order valence-corrected chi connectivity index (χ3v) is 5.41. The van der Waals surface area contributed by atoms with E-state index < -0.39 is 0 Å². The fraction of sp³-hybridized carbons (Fsp3) is 0.619. The summed E-state index contributed by atoms with van der Waals surface area (Å²) in [6.07, 6.45) is 7.03. The van der Waals surface area contributed by atoms with Crippen molar-refractivity contribution >= 4 is 35.9 Å². The van der Waals surface area contributed by atoms with E-state index in [0.717, 1.165) is 51.3 Å². The van der Waals surface area contributed by atoms with E-state index in [0.29, 0.717) is 12.3 Å². The Morgan fingerprint density at radius 1 is 1.22 bits per heavy atom. The molecule has 2 fully saturated rings. The van der Waals surface area contributed by atoms with Gasteiger partial charge < -0.3 is 15.0 Å². The van der Waals surface area contributed by atoms with E-state index in [9.17, 15) is 4.79 Å². The van der Waals surface area contributed by atoms with Gasteiger partial charge in [0.1, 0.15) is 6.10 Å². The number of rotatable bonds is 6. The molecule has 6 heteroatoms. The summed E-state index contributed by atoms with van der Waals surface area (Å²) in [5.41, 5.74) is 1.40. The second kappa shape index (κ2) is 11.5. The van der Waals surface area contributed by atoms with Gasteiger partial charge in [0.2, 0.25) is 0 Å². The average molecular weight is 485 g/mol. The van der Waals surface area contributed by atoms with Crippen LogP contribution in [-0.4, -0.2) is 49.6 Å². The first-order chi connectivity index (χ1) is 12.8. The third-order valence-electron chi connectivity index (χ3n) is 5.41.